The van der Waals surface area contributed by atoms with E-state index in [4.69, 9.17) is 14.4 Å². The SMILES string of the molecule is CO/N=C(/C(=O)OC)c1cc(CO/N=C(/C)c2ccccc2)ccc1C. The van der Waals surface area contributed by atoms with Gasteiger partial charge in [0.05, 0.1) is 12.8 Å². The van der Waals surface area contributed by atoms with Crippen LogP contribution in [0.3, 0.4) is 0 Å². The average molecular weight is 354 g/mol. The Hall–Kier alpha value is -3.15. The third kappa shape index (κ3) is 4.92. The van der Waals surface area contributed by atoms with Gasteiger partial charge in [0.1, 0.15) is 13.7 Å². The highest BCUT2D eigenvalue weighted by atomic mass is 16.6. The van der Waals surface area contributed by atoms with Crippen LogP contribution in [0.2, 0.25) is 0 Å². The molecule has 2 aromatic rings. The minimum Gasteiger partial charge on any atom is -0.464 e. The number of hydrogen-bond donors (Lipinski definition) is 0. The van der Waals surface area contributed by atoms with Crippen molar-refractivity contribution in [2.24, 2.45) is 10.3 Å². The lowest BCUT2D eigenvalue weighted by molar-refractivity contribution is -0.132. The second kappa shape index (κ2) is 9.36. The smallest absolute Gasteiger partial charge is 0.360 e. The maximum atomic E-state index is 11.9. The maximum Gasteiger partial charge on any atom is 0.360 e. The first-order chi connectivity index (χ1) is 12.6. The predicted octanol–water partition coefficient (Wildman–Crippen LogP) is 3.46. The molecule has 0 N–H and O–H groups in total. The molecule has 0 fully saturated rings. The van der Waals surface area contributed by atoms with Gasteiger partial charge in [-0.25, -0.2) is 4.79 Å². The van der Waals surface area contributed by atoms with Gasteiger partial charge >= 0.3 is 5.97 Å². The van der Waals surface area contributed by atoms with Crippen LogP contribution in [0.25, 0.3) is 0 Å². The average Bonchev–Trinajstić information content (AvgIpc) is 2.67. The fourth-order valence-corrected chi connectivity index (χ4v) is 2.33. The molecule has 0 aromatic heterocycles. The maximum absolute atomic E-state index is 11.9. The van der Waals surface area contributed by atoms with Crippen LogP contribution in [0.1, 0.15) is 29.2 Å². The molecule has 2 aromatic carbocycles. The molecule has 0 atom stereocenters. The van der Waals surface area contributed by atoms with Crippen LogP contribution >= 0.6 is 0 Å². The number of rotatable bonds is 7. The fraction of sp³-hybridized carbons (Fsp3) is 0.250. The van der Waals surface area contributed by atoms with E-state index in [0.717, 1.165) is 22.4 Å². The number of esters is 1. The van der Waals surface area contributed by atoms with Gasteiger partial charge in [0, 0.05) is 5.56 Å². The first-order valence-corrected chi connectivity index (χ1v) is 8.08. The molecule has 0 radical (unpaired) electrons. The van der Waals surface area contributed by atoms with Crippen molar-refractivity contribution in [3.63, 3.8) is 0 Å². The van der Waals surface area contributed by atoms with Crippen molar-refractivity contribution in [3.8, 4) is 0 Å². The molecule has 0 saturated carbocycles. The summed E-state index contributed by atoms with van der Waals surface area (Å²) in [4.78, 5) is 22.2. The van der Waals surface area contributed by atoms with Crippen LogP contribution in [-0.2, 0) is 25.8 Å². The first kappa shape index (κ1) is 19.2. The van der Waals surface area contributed by atoms with E-state index in [0.29, 0.717) is 5.56 Å². The monoisotopic (exact) mass is 354 g/mol. The Bertz CT molecular complexity index is 814. The van der Waals surface area contributed by atoms with Crippen molar-refractivity contribution in [2.45, 2.75) is 20.5 Å². The van der Waals surface area contributed by atoms with Crippen LogP contribution in [0, 0.1) is 6.92 Å². The Morgan fingerprint density at radius 2 is 1.77 bits per heavy atom. The summed E-state index contributed by atoms with van der Waals surface area (Å²) in [6, 6.07) is 15.4. The van der Waals surface area contributed by atoms with Crippen molar-refractivity contribution in [2.75, 3.05) is 14.2 Å². The molecule has 6 nitrogen and oxygen atoms in total. The molecule has 0 heterocycles. The molecular weight excluding hydrogens is 332 g/mol. The Morgan fingerprint density at radius 3 is 2.42 bits per heavy atom. The molecule has 0 amide bonds. The van der Waals surface area contributed by atoms with E-state index in [1.54, 1.807) is 0 Å². The van der Waals surface area contributed by atoms with E-state index in [2.05, 4.69) is 10.3 Å². The Balaban J connectivity index is 2.16. The quantitative estimate of drug-likeness (QED) is 0.434. The summed E-state index contributed by atoms with van der Waals surface area (Å²) in [6.07, 6.45) is 0. The van der Waals surface area contributed by atoms with Crippen molar-refractivity contribution in [3.05, 3.63) is 70.8 Å². The number of nitrogens with zero attached hydrogens (tertiary/aromatic N) is 2. The van der Waals surface area contributed by atoms with E-state index >= 15 is 0 Å². The molecule has 136 valence electrons. The summed E-state index contributed by atoms with van der Waals surface area (Å²) >= 11 is 0. The van der Waals surface area contributed by atoms with Crippen LogP contribution in [-0.4, -0.2) is 31.6 Å². The minimum atomic E-state index is -0.564. The Kier molecular flexibility index (Phi) is 6.91. The third-order valence-electron chi connectivity index (χ3n) is 3.74. The predicted molar refractivity (Wildman–Crippen MR) is 100 cm³/mol. The van der Waals surface area contributed by atoms with E-state index in [-0.39, 0.29) is 12.3 Å². The second-order valence-electron chi connectivity index (χ2n) is 5.58. The second-order valence-corrected chi connectivity index (χ2v) is 5.58. The summed E-state index contributed by atoms with van der Waals surface area (Å²) in [5.41, 5.74) is 4.25. The van der Waals surface area contributed by atoms with Crippen molar-refractivity contribution < 1.29 is 19.2 Å². The Labute approximate surface area is 153 Å². The van der Waals surface area contributed by atoms with Crippen molar-refractivity contribution in [1.29, 1.82) is 0 Å². The first-order valence-electron chi connectivity index (χ1n) is 8.08. The lowest BCUT2D eigenvalue weighted by Crippen LogP contribution is -2.19. The topological polar surface area (TPSA) is 69.5 Å². The summed E-state index contributed by atoms with van der Waals surface area (Å²) < 4.78 is 4.77. The molecular formula is C20H22N2O4. The van der Waals surface area contributed by atoms with E-state index in [1.165, 1.54) is 14.2 Å². The third-order valence-corrected chi connectivity index (χ3v) is 3.74. The van der Waals surface area contributed by atoms with Crippen LogP contribution in [0.5, 0.6) is 0 Å². The largest absolute Gasteiger partial charge is 0.464 e. The lowest BCUT2D eigenvalue weighted by Gasteiger charge is -2.10. The number of benzene rings is 2. The number of aryl methyl sites for hydroxylation is 1. The zero-order valence-electron chi connectivity index (χ0n) is 15.4. The highest BCUT2D eigenvalue weighted by molar-refractivity contribution is 6.43. The molecule has 0 aliphatic carbocycles. The number of methoxy groups -OCH3 is 1. The summed E-state index contributed by atoms with van der Waals surface area (Å²) in [5, 5.41) is 7.93. The van der Waals surface area contributed by atoms with Crippen LogP contribution in [0.4, 0.5) is 0 Å². The molecule has 0 unspecified atom stereocenters. The summed E-state index contributed by atoms with van der Waals surface area (Å²) in [5.74, 6) is -0.564. The molecule has 0 spiro atoms. The molecule has 0 aliphatic heterocycles. The standard InChI is InChI=1S/C20H22N2O4/c1-14-10-11-16(12-18(14)19(22-25-4)20(23)24-3)13-26-21-15(2)17-8-6-5-7-9-17/h5-12H,13H2,1-4H3/b21-15-,22-19+. The van der Waals surface area contributed by atoms with Crippen molar-refractivity contribution >= 4 is 17.4 Å². The zero-order chi connectivity index (χ0) is 18.9. The van der Waals surface area contributed by atoms with Gasteiger partial charge in [0.15, 0.2) is 5.71 Å². The van der Waals surface area contributed by atoms with Gasteiger partial charge < -0.3 is 14.4 Å². The number of carbonyl (C=O) groups excluding carboxylic acids is 1. The van der Waals surface area contributed by atoms with Gasteiger partial charge in [-0.1, -0.05) is 52.8 Å². The van der Waals surface area contributed by atoms with Gasteiger partial charge in [-0.2, -0.15) is 0 Å². The van der Waals surface area contributed by atoms with Gasteiger partial charge in [-0.05, 0) is 36.6 Å². The highest BCUT2D eigenvalue weighted by Gasteiger charge is 2.18. The molecule has 0 bridgehead atoms. The summed E-state index contributed by atoms with van der Waals surface area (Å²) in [6.45, 7) is 4.03. The van der Waals surface area contributed by atoms with Crippen molar-refractivity contribution in [1.82, 2.24) is 0 Å². The van der Waals surface area contributed by atoms with E-state index in [9.17, 15) is 4.79 Å². The van der Waals surface area contributed by atoms with Gasteiger partial charge in [0.25, 0.3) is 0 Å². The van der Waals surface area contributed by atoms with Gasteiger partial charge in [-0.15, -0.1) is 0 Å². The minimum absolute atomic E-state index is 0.110. The molecule has 0 saturated heterocycles. The summed E-state index contributed by atoms with van der Waals surface area (Å²) in [7, 11) is 2.68. The lowest BCUT2D eigenvalue weighted by atomic mass is 10.0. The Morgan fingerprint density at radius 1 is 1.04 bits per heavy atom. The fourth-order valence-electron chi connectivity index (χ4n) is 2.33. The number of oxime groups is 2. The van der Waals surface area contributed by atoms with Crippen LogP contribution < -0.4 is 0 Å². The molecule has 6 heteroatoms. The van der Waals surface area contributed by atoms with Gasteiger partial charge in [-0.3, -0.25) is 0 Å². The molecule has 2 rings (SSSR count). The van der Waals surface area contributed by atoms with E-state index < -0.39 is 5.97 Å². The highest BCUT2D eigenvalue weighted by Crippen LogP contribution is 2.15. The molecule has 26 heavy (non-hydrogen) atoms. The number of ether oxygens (including phenoxy) is 1. The van der Waals surface area contributed by atoms with E-state index in [1.807, 2.05) is 62.4 Å². The van der Waals surface area contributed by atoms with Crippen LogP contribution in [0.15, 0.2) is 58.8 Å². The number of hydrogen-bond acceptors (Lipinski definition) is 6. The molecule has 0 aliphatic rings. The zero-order valence-corrected chi connectivity index (χ0v) is 15.4. The van der Waals surface area contributed by atoms with Gasteiger partial charge in [0.2, 0.25) is 0 Å². The normalized spacial score (nSPS) is 11.8. The number of carbonyl (C=O) groups is 1.